The van der Waals surface area contributed by atoms with E-state index < -0.39 is 9.84 Å². The minimum Gasteiger partial charge on any atom is -0.333 e. The normalized spacial score (nSPS) is 15.5. The molecule has 1 aliphatic carbocycles. The van der Waals surface area contributed by atoms with Gasteiger partial charge in [0.25, 0.3) is 5.91 Å². The van der Waals surface area contributed by atoms with Crippen LogP contribution in [0.2, 0.25) is 0 Å². The third-order valence-electron chi connectivity index (χ3n) is 3.39. The minimum atomic E-state index is -3.06. The first kappa shape index (κ1) is 14.0. The van der Waals surface area contributed by atoms with E-state index in [1.807, 2.05) is 6.92 Å². The largest absolute Gasteiger partial charge is 0.333 e. The summed E-state index contributed by atoms with van der Waals surface area (Å²) in [5.41, 5.74) is 0.512. The number of sulfone groups is 1. The van der Waals surface area contributed by atoms with E-state index in [0.29, 0.717) is 5.69 Å². The highest BCUT2D eigenvalue weighted by molar-refractivity contribution is 7.90. The highest BCUT2D eigenvalue weighted by Gasteiger charge is 2.34. The molecule has 0 spiro atoms. The van der Waals surface area contributed by atoms with Crippen LogP contribution >= 0.6 is 0 Å². The molecule has 106 valence electrons. The van der Waals surface area contributed by atoms with Gasteiger partial charge in [-0.2, -0.15) is 0 Å². The molecule has 2 rings (SSSR count). The number of aromatic nitrogens is 2. The predicted octanol–water partition coefficient (Wildman–Crippen LogP) is 0.378. The van der Waals surface area contributed by atoms with E-state index in [0.717, 1.165) is 18.7 Å². The van der Waals surface area contributed by atoms with E-state index in [-0.39, 0.29) is 24.2 Å². The molecule has 0 bridgehead atoms. The lowest BCUT2D eigenvalue weighted by molar-refractivity contribution is 0.0744. The van der Waals surface area contributed by atoms with Crippen LogP contribution in [0.25, 0.3) is 0 Å². The number of amides is 1. The second-order valence-electron chi connectivity index (χ2n) is 5.11. The molecule has 1 fully saturated rings. The summed E-state index contributed by atoms with van der Waals surface area (Å²) < 4.78 is 24.2. The second-order valence-corrected chi connectivity index (χ2v) is 7.37. The lowest BCUT2D eigenvalue weighted by Gasteiger charge is -2.22. The van der Waals surface area contributed by atoms with Crippen LogP contribution in [0.15, 0.2) is 6.20 Å². The van der Waals surface area contributed by atoms with Crippen LogP contribution in [0.3, 0.4) is 0 Å². The first-order valence-corrected chi connectivity index (χ1v) is 8.32. The Hall–Kier alpha value is -1.37. The average Bonchev–Trinajstić information content (AvgIpc) is 3.06. The molecule has 1 aromatic heterocycles. The quantitative estimate of drug-likeness (QED) is 0.784. The summed E-state index contributed by atoms with van der Waals surface area (Å²) in [6.45, 7) is 2.08. The zero-order valence-corrected chi connectivity index (χ0v) is 12.3. The molecule has 0 saturated heterocycles. The molecule has 1 aromatic rings. The lowest BCUT2D eigenvalue weighted by atomic mass is 10.3. The van der Waals surface area contributed by atoms with Gasteiger partial charge in [0, 0.05) is 25.9 Å². The summed E-state index contributed by atoms with van der Waals surface area (Å²) in [7, 11) is -1.27. The van der Waals surface area contributed by atoms with Crippen molar-refractivity contribution in [1.82, 2.24) is 14.5 Å². The Morgan fingerprint density at radius 1 is 1.53 bits per heavy atom. The van der Waals surface area contributed by atoms with Crippen molar-refractivity contribution in [3.63, 3.8) is 0 Å². The molecule has 0 unspecified atom stereocenters. The van der Waals surface area contributed by atoms with Crippen LogP contribution in [0.4, 0.5) is 0 Å². The molecule has 0 aromatic carbocycles. The highest BCUT2D eigenvalue weighted by atomic mass is 32.2. The number of hydrogen-bond acceptors (Lipinski definition) is 4. The molecule has 7 heteroatoms. The lowest BCUT2D eigenvalue weighted by Crippen LogP contribution is -2.37. The molecule has 1 aliphatic rings. The van der Waals surface area contributed by atoms with E-state index in [1.165, 1.54) is 6.26 Å². The molecule has 1 saturated carbocycles. The van der Waals surface area contributed by atoms with Crippen molar-refractivity contribution in [2.75, 3.05) is 18.6 Å². The van der Waals surface area contributed by atoms with Gasteiger partial charge >= 0.3 is 0 Å². The van der Waals surface area contributed by atoms with Gasteiger partial charge in [-0.25, -0.2) is 13.4 Å². The van der Waals surface area contributed by atoms with Crippen molar-refractivity contribution >= 4 is 15.7 Å². The molecule has 6 nitrogen and oxygen atoms in total. The van der Waals surface area contributed by atoms with Crippen molar-refractivity contribution in [3.8, 4) is 0 Å². The van der Waals surface area contributed by atoms with Crippen LogP contribution in [0.1, 0.15) is 29.2 Å². The third-order valence-corrected chi connectivity index (χ3v) is 4.32. The Morgan fingerprint density at radius 3 is 2.58 bits per heavy atom. The van der Waals surface area contributed by atoms with Crippen LogP contribution in [-0.2, 0) is 16.9 Å². The average molecular weight is 285 g/mol. The maximum atomic E-state index is 12.4. The fourth-order valence-corrected chi connectivity index (χ4v) is 2.48. The molecule has 0 aliphatic heterocycles. The van der Waals surface area contributed by atoms with E-state index in [4.69, 9.17) is 0 Å². The Morgan fingerprint density at radius 2 is 2.16 bits per heavy atom. The van der Waals surface area contributed by atoms with Gasteiger partial charge in [-0.3, -0.25) is 4.79 Å². The van der Waals surface area contributed by atoms with Gasteiger partial charge < -0.3 is 9.47 Å². The predicted molar refractivity (Wildman–Crippen MR) is 71.7 cm³/mol. The van der Waals surface area contributed by atoms with Crippen molar-refractivity contribution in [2.45, 2.75) is 25.8 Å². The number of imidazole rings is 1. The molecule has 1 heterocycles. The molecule has 19 heavy (non-hydrogen) atoms. The minimum absolute atomic E-state index is 0.00603. The Bertz CT molecular complexity index is 587. The van der Waals surface area contributed by atoms with E-state index >= 15 is 0 Å². The SMILES string of the molecule is Cc1ncc(C(=O)N(CCS(C)(=O)=O)C2CC2)n1C. The van der Waals surface area contributed by atoms with Gasteiger partial charge in [-0.05, 0) is 19.8 Å². The maximum Gasteiger partial charge on any atom is 0.272 e. The summed E-state index contributed by atoms with van der Waals surface area (Å²) >= 11 is 0. The standard InChI is InChI=1S/C12H19N3O3S/c1-9-13-8-11(14(9)2)12(16)15(10-4-5-10)6-7-19(3,17)18/h8,10H,4-7H2,1-3H3. The van der Waals surface area contributed by atoms with Crippen LogP contribution in [0, 0.1) is 6.92 Å². The van der Waals surface area contributed by atoms with Crippen LogP contribution < -0.4 is 0 Å². The topological polar surface area (TPSA) is 72.3 Å². The van der Waals surface area contributed by atoms with Crippen molar-refractivity contribution in [1.29, 1.82) is 0 Å². The monoisotopic (exact) mass is 285 g/mol. The summed E-state index contributed by atoms with van der Waals surface area (Å²) in [6.07, 6.45) is 4.64. The summed E-state index contributed by atoms with van der Waals surface area (Å²) in [4.78, 5) is 18.2. The number of rotatable bonds is 5. The first-order valence-electron chi connectivity index (χ1n) is 6.26. The Labute approximate surface area is 113 Å². The van der Waals surface area contributed by atoms with Gasteiger partial charge in [0.2, 0.25) is 0 Å². The van der Waals surface area contributed by atoms with Crippen LogP contribution in [0.5, 0.6) is 0 Å². The van der Waals surface area contributed by atoms with Gasteiger partial charge in [0.15, 0.2) is 0 Å². The third kappa shape index (κ3) is 3.34. The van der Waals surface area contributed by atoms with Gasteiger partial charge in [-0.15, -0.1) is 0 Å². The number of aryl methyl sites for hydroxylation is 1. The van der Waals surface area contributed by atoms with E-state index in [2.05, 4.69) is 4.98 Å². The van der Waals surface area contributed by atoms with E-state index in [1.54, 1.807) is 22.7 Å². The van der Waals surface area contributed by atoms with Gasteiger partial charge in [0.1, 0.15) is 21.4 Å². The Balaban J connectivity index is 2.15. The van der Waals surface area contributed by atoms with Gasteiger partial charge in [-0.1, -0.05) is 0 Å². The fraction of sp³-hybridized carbons (Fsp3) is 0.667. The molecular formula is C12H19N3O3S. The number of hydrogen-bond donors (Lipinski definition) is 0. The molecular weight excluding hydrogens is 266 g/mol. The maximum absolute atomic E-state index is 12.4. The first-order chi connectivity index (χ1) is 8.79. The van der Waals surface area contributed by atoms with Gasteiger partial charge in [0.05, 0.1) is 11.9 Å². The van der Waals surface area contributed by atoms with Crippen molar-refractivity contribution in [2.24, 2.45) is 7.05 Å². The van der Waals surface area contributed by atoms with Crippen LogP contribution in [-0.4, -0.2) is 53.4 Å². The van der Waals surface area contributed by atoms with Crippen molar-refractivity contribution < 1.29 is 13.2 Å². The number of carbonyl (C=O) groups excluding carboxylic acids is 1. The highest BCUT2D eigenvalue weighted by Crippen LogP contribution is 2.28. The number of nitrogens with zero attached hydrogens (tertiary/aromatic N) is 3. The fourth-order valence-electron chi connectivity index (χ4n) is 1.95. The second kappa shape index (κ2) is 4.96. The van der Waals surface area contributed by atoms with E-state index in [9.17, 15) is 13.2 Å². The Kier molecular flexibility index (Phi) is 3.66. The zero-order chi connectivity index (χ0) is 14.2. The molecule has 1 amide bonds. The molecule has 0 N–H and O–H groups in total. The smallest absolute Gasteiger partial charge is 0.272 e. The number of carbonyl (C=O) groups is 1. The molecule has 0 atom stereocenters. The zero-order valence-electron chi connectivity index (χ0n) is 11.5. The van der Waals surface area contributed by atoms with Crippen molar-refractivity contribution in [3.05, 3.63) is 17.7 Å². The summed E-state index contributed by atoms with van der Waals surface area (Å²) in [5, 5.41) is 0. The summed E-state index contributed by atoms with van der Waals surface area (Å²) in [5.74, 6) is 0.642. The summed E-state index contributed by atoms with van der Waals surface area (Å²) in [6, 6.07) is 0.185. The molecule has 0 radical (unpaired) electrons.